The van der Waals surface area contributed by atoms with E-state index in [1.807, 2.05) is 34.9 Å². The van der Waals surface area contributed by atoms with Crippen LogP contribution < -0.4 is 0 Å². The third kappa shape index (κ3) is 3.34. The van der Waals surface area contributed by atoms with Gasteiger partial charge in [0, 0.05) is 24.8 Å². The van der Waals surface area contributed by atoms with E-state index >= 15 is 0 Å². The molecule has 148 valence electrons. The zero-order valence-electron chi connectivity index (χ0n) is 16.1. The number of rotatable bonds is 3. The lowest BCUT2D eigenvalue weighted by atomic mass is 10.0. The fraction of sp³-hybridized carbons (Fsp3) is 0.130. The Bertz CT molecular complexity index is 1190. The summed E-state index contributed by atoms with van der Waals surface area (Å²) in [6.45, 7) is 1.59. The Labute approximate surface area is 172 Å². The molecule has 1 amide bonds. The number of amides is 1. The van der Waals surface area contributed by atoms with Crippen molar-refractivity contribution in [3.8, 4) is 22.6 Å². The van der Waals surface area contributed by atoms with Crippen LogP contribution in [0.3, 0.4) is 0 Å². The molecular weight excluding hydrogens is 381 g/mol. The number of hydrogen-bond acceptors (Lipinski definition) is 4. The van der Waals surface area contributed by atoms with Crippen LogP contribution in [0.25, 0.3) is 22.6 Å². The molecule has 7 heteroatoms. The van der Waals surface area contributed by atoms with E-state index in [1.54, 1.807) is 35.4 Å². The van der Waals surface area contributed by atoms with Gasteiger partial charge in [0.1, 0.15) is 11.5 Å². The third-order valence-corrected chi connectivity index (χ3v) is 5.24. The highest BCUT2D eigenvalue weighted by atomic mass is 19.1. The van der Waals surface area contributed by atoms with E-state index in [0.717, 1.165) is 28.5 Å². The maximum atomic E-state index is 13.1. The third-order valence-electron chi connectivity index (χ3n) is 5.24. The fourth-order valence-corrected chi connectivity index (χ4v) is 3.65. The van der Waals surface area contributed by atoms with Gasteiger partial charge < -0.3 is 9.47 Å². The molecule has 0 saturated heterocycles. The van der Waals surface area contributed by atoms with Crippen LogP contribution in [0.5, 0.6) is 0 Å². The summed E-state index contributed by atoms with van der Waals surface area (Å²) in [6, 6.07) is 19.4. The van der Waals surface area contributed by atoms with Gasteiger partial charge >= 0.3 is 0 Å². The van der Waals surface area contributed by atoms with Crippen LogP contribution in [0.2, 0.25) is 0 Å². The van der Waals surface area contributed by atoms with Gasteiger partial charge in [0.05, 0.1) is 6.54 Å². The Morgan fingerprint density at radius 3 is 2.30 bits per heavy atom. The minimum Gasteiger partial charge on any atom is -0.329 e. The number of hydrogen-bond donors (Lipinski definition) is 0. The van der Waals surface area contributed by atoms with Crippen LogP contribution in [0, 0.1) is 5.82 Å². The van der Waals surface area contributed by atoms with Crippen molar-refractivity contribution in [1.82, 2.24) is 24.6 Å². The Kier molecular flexibility index (Phi) is 4.55. The Morgan fingerprint density at radius 1 is 0.867 bits per heavy atom. The Hall–Kier alpha value is -3.87. The van der Waals surface area contributed by atoms with Crippen LogP contribution in [-0.2, 0) is 13.1 Å². The highest BCUT2D eigenvalue weighted by Crippen LogP contribution is 2.23. The van der Waals surface area contributed by atoms with Gasteiger partial charge in [-0.1, -0.05) is 30.3 Å². The molecule has 5 rings (SSSR count). The monoisotopic (exact) mass is 399 g/mol. The lowest BCUT2D eigenvalue weighted by molar-refractivity contribution is 0.0708. The molecule has 0 spiro atoms. The molecular formula is C23H18FN5O. The largest absolute Gasteiger partial charge is 0.329 e. The minimum atomic E-state index is -0.269. The molecule has 1 aliphatic rings. The first kappa shape index (κ1) is 18.2. The molecule has 3 heterocycles. The van der Waals surface area contributed by atoms with E-state index < -0.39 is 0 Å². The van der Waals surface area contributed by atoms with Crippen LogP contribution in [-0.4, -0.2) is 37.1 Å². The van der Waals surface area contributed by atoms with Crippen molar-refractivity contribution in [2.75, 3.05) is 6.54 Å². The van der Waals surface area contributed by atoms with E-state index in [4.69, 9.17) is 0 Å². The van der Waals surface area contributed by atoms with Crippen molar-refractivity contribution >= 4 is 5.91 Å². The number of nitrogens with zero attached hydrogens (tertiary/aromatic N) is 5. The van der Waals surface area contributed by atoms with Crippen molar-refractivity contribution in [3.05, 3.63) is 90.1 Å². The number of halogens is 1. The van der Waals surface area contributed by atoms with Crippen molar-refractivity contribution in [2.24, 2.45) is 0 Å². The summed E-state index contributed by atoms with van der Waals surface area (Å²) < 4.78 is 15.1. The second-order valence-corrected chi connectivity index (χ2v) is 7.12. The smallest absolute Gasteiger partial charge is 0.254 e. The standard InChI is InChI=1S/C23H18FN5O/c24-19-10-8-17(9-11-19)16-4-6-18(7-5-16)23(30)28-13-14-29-21(15-28)26-27-22(29)20-3-1-2-12-25-20/h1-12H,13-15H2. The molecule has 0 bridgehead atoms. The second-order valence-electron chi connectivity index (χ2n) is 7.12. The zero-order valence-corrected chi connectivity index (χ0v) is 16.1. The van der Waals surface area contributed by atoms with Crippen molar-refractivity contribution in [2.45, 2.75) is 13.1 Å². The van der Waals surface area contributed by atoms with Crippen LogP contribution in [0.4, 0.5) is 4.39 Å². The molecule has 1 aliphatic heterocycles. The number of pyridine rings is 1. The first-order valence-electron chi connectivity index (χ1n) is 9.68. The van der Waals surface area contributed by atoms with Crippen molar-refractivity contribution in [3.63, 3.8) is 0 Å². The molecule has 2 aromatic carbocycles. The van der Waals surface area contributed by atoms with Gasteiger partial charge in [-0.2, -0.15) is 0 Å². The molecule has 30 heavy (non-hydrogen) atoms. The van der Waals surface area contributed by atoms with Gasteiger partial charge in [-0.3, -0.25) is 9.78 Å². The zero-order chi connectivity index (χ0) is 20.5. The Balaban J connectivity index is 1.33. The molecule has 0 fully saturated rings. The molecule has 0 atom stereocenters. The lowest BCUT2D eigenvalue weighted by Gasteiger charge is -2.28. The first-order chi connectivity index (χ1) is 14.7. The van der Waals surface area contributed by atoms with E-state index in [0.29, 0.717) is 25.2 Å². The number of aromatic nitrogens is 4. The van der Waals surface area contributed by atoms with Crippen LogP contribution in [0.15, 0.2) is 72.9 Å². The summed E-state index contributed by atoms with van der Waals surface area (Å²) in [7, 11) is 0. The quantitative estimate of drug-likeness (QED) is 0.526. The number of fused-ring (bicyclic) bond motifs is 1. The molecule has 2 aromatic heterocycles. The average molecular weight is 399 g/mol. The summed E-state index contributed by atoms with van der Waals surface area (Å²) in [5.41, 5.74) is 3.22. The topological polar surface area (TPSA) is 63.9 Å². The molecule has 6 nitrogen and oxygen atoms in total. The van der Waals surface area contributed by atoms with Crippen molar-refractivity contribution < 1.29 is 9.18 Å². The van der Waals surface area contributed by atoms with E-state index in [1.165, 1.54) is 12.1 Å². The maximum Gasteiger partial charge on any atom is 0.254 e. The predicted molar refractivity (Wildman–Crippen MR) is 110 cm³/mol. The molecule has 0 aliphatic carbocycles. The molecule has 0 unspecified atom stereocenters. The Morgan fingerprint density at radius 2 is 1.60 bits per heavy atom. The van der Waals surface area contributed by atoms with Gasteiger partial charge in [0.25, 0.3) is 5.91 Å². The molecule has 0 radical (unpaired) electrons. The summed E-state index contributed by atoms with van der Waals surface area (Å²) in [5, 5.41) is 8.54. The SMILES string of the molecule is O=C(c1ccc(-c2ccc(F)cc2)cc1)N1CCn2c(nnc2-c2ccccn2)C1. The van der Waals surface area contributed by atoms with Crippen molar-refractivity contribution in [1.29, 1.82) is 0 Å². The minimum absolute atomic E-state index is 0.0470. The van der Waals surface area contributed by atoms with Gasteiger partial charge in [0.2, 0.25) is 0 Å². The highest BCUT2D eigenvalue weighted by molar-refractivity contribution is 5.94. The van der Waals surface area contributed by atoms with E-state index in [-0.39, 0.29) is 11.7 Å². The van der Waals surface area contributed by atoms with E-state index in [9.17, 15) is 9.18 Å². The lowest BCUT2D eigenvalue weighted by Crippen LogP contribution is -2.38. The molecule has 0 saturated carbocycles. The number of carbonyl (C=O) groups is 1. The highest BCUT2D eigenvalue weighted by Gasteiger charge is 2.26. The van der Waals surface area contributed by atoms with E-state index in [2.05, 4.69) is 15.2 Å². The molecule has 0 N–H and O–H groups in total. The molecule has 4 aromatic rings. The number of carbonyl (C=O) groups excluding carboxylic acids is 1. The average Bonchev–Trinajstić information content (AvgIpc) is 3.23. The summed E-state index contributed by atoms with van der Waals surface area (Å²) >= 11 is 0. The van der Waals surface area contributed by atoms with Gasteiger partial charge in [-0.25, -0.2) is 4.39 Å². The summed E-state index contributed by atoms with van der Waals surface area (Å²) in [6.07, 6.45) is 1.73. The second kappa shape index (κ2) is 7.51. The van der Waals surface area contributed by atoms with Crippen LogP contribution >= 0.6 is 0 Å². The fourth-order valence-electron chi connectivity index (χ4n) is 3.65. The van der Waals surface area contributed by atoms with Gasteiger partial charge in [-0.05, 0) is 47.5 Å². The van der Waals surface area contributed by atoms with Gasteiger partial charge in [0.15, 0.2) is 11.6 Å². The van der Waals surface area contributed by atoms with Crippen LogP contribution in [0.1, 0.15) is 16.2 Å². The number of benzene rings is 2. The summed E-state index contributed by atoms with van der Waals surface area (Å²) in [5.74, 6) is 1.16. The van der Waals surface area contributed by atoms with Gasteiger partial charge in [-0.15, -0.1) is 10.2 Å². The predicted octanol–water partition coefficient (Wildman–Crippen LogP) is 3.80. The maximum absolute atomic E-state index is 13.1. The summed E-state index contributed by atoms with van der Waals surface area (Å²) in [4.78, 5) is 19.1. The first-order valence-corrected chi connectivity index (χ1v) is 9.68. The normalized spacial score (nSPS) is 13.2.